The summed E-state index contributed by atoms with van der Waals surface area (Å²) in [4.78, 5) is 26.1. The second kappa shape index (κ2) is 10.00. The summed E-state index contributed by atoms with van der Waals surface area (Å²) in [5.74, 6) is 1.61. The maximum Gasteiger partial charge on any atom is 0.251 e. The Balaban J connectivity index is 1.61. The first-order valence-corrected chi connectivity index (χ1v) is 11.3. The van der Waals surface area contributed by atoms with Crippen LogP contribution in [0, 0.1) is 20.8 Å². The van der Waals surface area contributed by atoms with Gasteiger partial charge in [-0.3, -0.25) is 4.79 Å². The molecule has 0 atom stereocenters. The third-order valence-electron chi connectivity index (χ3n) is 5.42. The normalized spacial score (nSPS) is 11.3. The van der Waals surface area contributed by atoms with Crippen molar-refractivity contribution in [3.8, 4) is 0 Å². The van der Waals surface area contributed by atoms with Gasteiger partial charge in [-0.1, -0.05) is 26.0 Å². The third kappa shape index (κ3) is 5.15. The minimum atomic E-state index is -0.0285. The number of anilines is 1. The van der Waals surface area contributed by atoms with Crippen molar-refractivity contribution in [2.24, 2.45) is 0 Å². The maximum absolute atomic E-state index is 12.4. The van der Waals surface area contributed by atoms with Crippen molar-refractivity contribution in [3.63, 3.8) is 0 Å². The lowest BCUT2D eigenvalue weighted by Gasteiger charge is -2.18. The Morgan fingerprint density at radius 1 is 1.07 bits per heavy atom. The van der Waals surface area contributed by atoms with Gasteiger partial charge in [-0.25, -0.2) is 9.97 Å². The van der Waals surface area contributed by atoms with Crippen molar-refractivity contribution in [3.05, 3.63) is 51.7 Å². The molecule has 0 aliphatic heterocycles. The predicted molar refractivity (Wildman–Crippen MR) is 126 cm³/mol. The summed E-state index contributed by atoms with van der Waals surface area (Å²) >= 11 is 1.71. The Hall–Kier alpha value is -2.51. The van der Waals surface area contributed by atoms with Gasteiger partial charge in [0.25, 0.3) is 5.91 Å². The Kier molecular flexibility index (Phi) is 7.39. The molecule has 2 heterocycles. The van der Waals surface area contributed by atoms with Gasteiger partial charge in [-0.05, 0) is 57.1 Å². The van der Waals surface area contributed by atoms with Gasteiger partial charge in [-0.2, -0.15) is 0 Å². The number of thiophene rings is 1. The van der Waals surface area contributed by atoms with Gasteiger partial charge in [0.1, 0.15) is 16.5 Å². The predicted octanol–water partition coefficient (Wildman–Crippen LogP) is 4.30. The first kappa shape index (κ1) is 22.2. The molecule has 0 saturated carbocycles. The quantitative estimate of drug-likeness (QED) is 0.535. The first-order valence-electron chi connectivity index (χ1n) is 10.5. The van der Waals surface area contributed by atoms with E-state index in [1.807, 2.05) is 31.2 Å². The number of aromatic nitrogens is 2. The highest BCUT2D eigenvalue weighted by atomic mass is 32.1. The van der Waals surface area contributed by atoms with E-state index in [0.717, 1.165) is 47.1 Å². The molecule has 30 heavy (non-hydrogen) atoms. The molecule has 0 saturated heterocycles. The van der Waals surface area contributed by atoms with Gasteiger partial charge < -0.3 is 15.5 Å². The highest BCUT2D eigenvalue weighted by Crippen LogP contribution is 2.33. The van der Waals surface area contributed by atoms with Gasteiger partial charge in [0.05, 0.1) is 5.39 Å². The fourth-order valence-electron chi connectivity index (χ4n) is 3.41. The van der Waals surface area contributed by atoms with Crippen LogP contribution in [0.25, 0.3) is 10.2 Å². The zero-order chi connectivity index (χ0) is 21.7. The number of likely N-dealkylation sites (N-methyl/N-ethyl adjacent to an activating group) is 1. The molecule has 0 spiro atoms. The number of hydrogen-bond donors (Lipinski definition) is 2. The number of carbonyl (C=O) groups is 1. The van der Waals surface area contributed by atoms with Gasteiger partial charge in [0.2, 0.25) is 0 Å². The average molecular weight is 426 g/mol. The molecule has 3 rings (SSSR count). The molecule has 0 aliphatic rings. The van der Waals surface area contributed by atoms with Crippen molar-refractivity contribution in [2.45, 2.75) is 41.2 Å². The standard InChI is InChI=1S/C23H31N5OS/c1-6-28(7-2)13-12-24-22(29)19-10-8-18(9-11-19)14-25-21-20-15(3)16(4)30-23(20)27-17(5)26-21/h8-11H,6-7,12-14H2,1-5H3,(H,24,29)(H,25,26,27). The number of aryl methyl sites for hydroxylation is 3. The van der Waals surface area contributed by atoms with Crippen molar-refractivity contribution < 1.29 is 4.79 Å². The van der Waals surface area contributed by atoms with Gasteiger partial charge in [0.15, 0.2) is 0 Å². The molecule has 7 heteroatoms. The number of nitrogens with one attached hydrogen (secondary N) is 2. The van der Waals surface area contributed by atoms with Crippen LogP contribution in [-0.4, -0.2) is 47.0 Å². The van der Waals surface area contributed by atoms with Crippen molar-refractivity contribution >= 4 is 33.3 Å². The second-order valence-electron chi connectivity index (χ2n) is 7.42. The summed E-state index contributed by atoms with van der Waals surface area (Å²) in [5, 5.41) is 7.56. The molecular formula is C23H31N5OS. The first-order chi connectivity index (χ1) is 14.4. The molecule has 0 bridgehead atoms. The molecule has 0 fully saturated rings. The zero-order valence-electron chi connectivity index (χ0n) is 18.5. The van der Waals surface area contributed by atoms with Crippen LogP contribution in [0.5, 0.6) is 0 Å². The minimum absolute atomic E-state index is 0.0285. The van der Waals surface area contributed by atoms with E-state index in [4.69, 9.17) is 0 Å². The zero-order valence-corrected chi connectivity index (χ0v) is 19.3. The van der Waals surface area contributed by atoms with Gasteiger partial charge >= 0.3 is 0 Å². The summed E-state index contributed by atoms with van der Waals surface area (Å²) in [6, 6.07) is 7.74. The van der Waals surface area contributed by atoms with Crippen LogP contribution in [-0.2, 0) is 6.54 Å². The Bertz CT molecular complexity index is 1010. The summed E-state index contributed by atoms with van der Waals surface area (Å²) in [6.07, 6.45) is 0. The van der Waals surface area contributed by atoms with Crippen LogP contribution in [0.3, 0.4) is 0 Å². The Morgan fingerprint density at radius 2 is 1.77 bits per heavy atom. The molecule has 0 unspecified atom stereocenters. The van der Waals surface area contributed by atoms with E-state index in [9.17, 15) is 4.79 Å². The molecule has 1 amide bonds. The summed E-state index contributed by atoms with van der Waals surface area (Å²) in [7, 11) is 0. The van der Waals surface area contributed by atoms with E-state index >= 15 is 0 Å². The summed E-state index contributed by atoms with van der Waals surface area (Å²) in [5.41, 5.74) is 3.01. The SMILES string of the molecule is CCN(CC)CCNC(=O)c1ccc(CNc2nc(C)nc3sc(C)c(C)c23)cc1. The summed E-state index contributed by atoms with van der Waals surface area (Å²) < 4.78 is 0. The highest BCUT2D eigenvalue weighted by Gasteiger charge is 2.13. The van der Waals surface area contributed by atoms with Crippen LogP contribution >= 0.6 is 11.3 Å². The number of fused-ring (bicyclic) bond motifs is 1. The summed E-state index contributed by atoms with van der Waals surface area (Å²) in [6.45, 7) is 14.6. The lowest BCUT2D eigenvalue weighted by Crippen LogP contribution is -2.34. The molecule has 0 aliphatic carbocycles. The molecule has 160 valence electrons. The number of carbonyl (C=O) groups excluding carboxylic acids is 1. The lowest BCUT2D eigenvalue weighted by molar-refractivity contribution is 0.0949. The van der Waals surface area contributed by atoms with E-state index in [2.05, 4.69) is 53.2 Å². The number of rotatable bonds is 9. The minimum Gasteiger partial charge on any atom is -0.365 e. The van der Waals surface area contributed by atoms with Crippen molar-refractivity contribution in [1.29, 1.82) is 0 Å². The maximum atomic E-state index is 12.4. The number of hydrogen-bond acceptors (Lipinski definition) is 6. The fraction of sp³-hybridized carbons (Fsp3) is 0.435. The molecule has 2 aromatic heterocycles. The molecule has 0 radical (unpaired) electrons. The third-order valence-corrected chi connectivity index (χ3v) is 6.53. The van der Waals surface area contributed by atoms with E-state index in [0.29, 0.717) is 18.7 Å². The average Bonchev–Trinajstić information content (AvgIpc) is 3.03. The van der Waals surface area contributed by atoms with Crippen LogP contribution < -0.4 is 10.6 Å². The van der Waals surface area contributed by atoms with E-state index < -0.39 is 0 Å². The van der Waals surface area contributed by atoms with E-state index in [1.165, 1.54) is 10.4 Å². The monoisotopic (exact) mass is 425 g/mol. The van der Waals surface area contributed by atoms with Crippen LogP contribution in [0.2, 0.25) is 0 Å². The van der Waals surface area contributed by atoms with Gasteiger partial charge in [-0.15, -0.1) is 11.3 Å². The number of benzene rings is 1. The van der Waals surface area contributed by atoms with Crippen LogP contribution in [0.1, 0.15) is 46.0 Å². The lowest BCUT2D eigenvalue weighted by atomic mass is 10.1. The number of nitrogens with zero attached hydrogens (tertiary/aromatic N) is 3. The largest absolute Gasteiger partial charge is 0.365 e. The number of amides is 1. The highest BCUT2D eigenvalue weighted by molar-refractivity contribution is 7.18. The molecular weight excluding hydrogens is 394 g/mol. The Morgan fingerprint density at radius 3 is 2.43 bits per heavy atom. The van der Waals surface area contributed by atoms with E-state index in [1.54, 1.807) is 11.3 Å². The molecule has 6 nitrogen and oxygen atoms in total. The Labute approximate surface area is 182 Å². The van der Waals surface area contributed by atoms with E-state index in [-0.39, 0.29) is 5.91 Å². The van der Waals surface area contributed by atoms with Crippen LogP contribution in [0.4, 0.5) is 5.82 Å². The van der Waals surface area contributed by atoms with Crippen LogP contribution in [0.15, 0.2) is 24.3 Å². The molecule has 3 aromatic rings. The van der Waals surface area contributed by atoms with Crippen molar-refractivity contribution in [2.75, 3.05) is 31.5 Å². The molecule has 1 aromatic carbocycles. The topological polar surface area (TPSA) is 70.2 Å². The second-order valence-corrected chi connectivity index (χ2v) is 8.62. The van der Waals surface area contributed by atoms with Gasteiger partial charge in [0, 0.05) is 30.1 Å². The van der Waals surface area contributed by atoms with Crippen molar-refractivity contribution in [1.82, 2.24) is 20.2 Å². The smallest absolute Gasteiger partial charge is 0.251 e. The molecule has 2 N–H and O–H groups in total. The fourth-order valence-corrected chi connectivity index (χ4v) is 4.49.